The third-order valence-corrected chi connectivity index (χ3v) is 4.20. The first-order valence-corrected chi connectivity index (χ1v) is 7.18. The van der Waals surface area contributed by atoms with E-state index in [-0.39, 0.29) is 11.7 Å². The maximum atomic E-state index is 13.4. The van der Waals surface area contributed by atoms with Gasteiger partial charge in [0.15, 0.2) is 0 Å². The number of nitrogens with one attached hydrogen (secondary N) is 1. The molecule has 0 spiro atoms. The van der Waals surface area contributed by atoms with Crippen molar-refractivity contribution in [1.82, 2.24) is 9.88 Å². The number of rotatable bonds is 3. The monoisotopic (exact) mass is 290 g/mol. The van der Waals surface area contributed by atoms with E-state index < -0.39 is 0 Å². The zero-order valence-corrected chi connectivity index (χ0v) is 12.3. The fourth-order valence-electron chi connectivity index (χ4n) is 2.99. The Bertz CT molecular complexity index is 687. The van der Waals surface area contributed by atoms with Gasteiger partial charge in [-0.05, 0) is 37.1 Å². The summed E-state index contributed by atoms with van der Waals surface area (Å²) in [6, 6.07) is 4.60. The lowest BCUT2D eigenvalue weighted by Crippen LogP contribution is -2.31. The Balaban J connectivity index is 1.86. The number of benzene rings is 1. The van der Waals surface area contributed by atoms with Crippen molar-refractivity contribution < 1.29 is 13.9 Å². The highest BCUT2D eigenvalue weighted by molar-refractivity contribution is 6.01. The van der Waals surface area contributed by atoms with Crippen LogP contribution in [0.2, 0.25) is 0 Å². The number of amides is 1. The van der Waals surface area contributed by atoms with Gasteiger partial charge in [0.1, 0.15) is 11.5 Å². The Morgan fingerprint density at radius 2 is 2.33 bits per heavy atom. The first-order valence-electron chi connectivity index (χ1n) is 7.18. The Labute approximate surface area is 122 Å². The van der Waals surface area contributed by atoms with E-state index in [1.807, 2.05) is 18.5 Å². The highest BCUT2D eigenvalue weighted by Gasteiger charge is 2.21. The van der Waals surface area contributed by atoms with Crippen LogP contribution in [0, 0.1) is 18.7 Å². The van der Waals surface area contributed by atoms with Crippen molar-refractivity contribution in [2.24, 2.45) is 13.0 Å². The van der Waals surface area contributed by atoms with E-state index in [0.29, 0.717) is 24.8 Å². The molecule has 0 unspecified atom stereocenters. The largest absolute Gasteiger partial charge is 0.381 e. The molecule has 5 heteroatoms. The molecule has 1 fully saturated rings. The third kappa shape index (κ3) is 2.53. The predicted molar refractivity (Wildman–Crippen MR) is 78.9 cm³/mol. The zero-order chi connectivity index (χ0) is 15.0. The Morgan fingerprint density at radius 3 is 3.05 bits per heavy atom. The van der Waals surface area contributed by atoms with Crippen LogP contribution in [0.1, 0.15) is 22.5 Å². The average molecular weight is 290 g/mol. The van der Waals surface area contributed by atoms with E-state index in [1.54, 1.807) is 6.07 Å². The number of halogens is 1. The summed E-state index contributed by atoms with van der Waals surface area (Å²) >= 11 is 0. The second kappa shape index (κ2) is 5.48. The highest BCUT2D eigenvalue weighted by Crippen LogP contribution is 2.25. The van der Waals surface area contributed by atoms with Gasteiger partial charge in [-0.25, -0.2) is 4.39 Å². The molecule has 1 N–H and O–H groups in total. The number of carbonyl (C=O) groups excluding carboxylic acids is 1. The first-order chi connectivity index (χ1) is 10.1. The molecule has 0 radical (unpaired) electrons. The SMILES string of the molecule is Cc1c(C(=O)NC[C@H]2CCOC2)n(C)c2ccc(F)cc12. The molecule has 1 aliphatic heterocycles. The van der Waals surface area contributed by atoms with Gasteiger partial charge < -0.3 is 14.6 Å². The van der Waals surface area contributed by atoms with Gasteiger partial charge in [-0.3, -0.25) is 4.79 Å². The minimum atomic E-state index is -0.286. The number of hydrogen-bond donors (Lipinski definition) is 1. The standard InChI is InChI=1S/C16H19FN2O2/c1-10-13-7-12(17)3-4-14(13)19(2)15(10)16(20)18-8-11-5-6-21-9-11/h3-4,7,11H,5-6,8-9H2,1-2H3,(H,18,20)/t11-/m1/s1. The number of nitrogens with zero attached hydrogens (tertiary/aromatic N) is 1. The average Bonchev–Trinajstić information content (AvgIpc) is 3.05. The maximum absolute atomic E-state index is 13.4. The van der Waals surface area contributed by atoms with Crippen molar-refractivity contribution in [1.29, 1.82) is 0 Å². The highest BCUT2D eigenvalue weighted by atomic mass is 19.1. The minimum absolute atomic E-state index is 0.112. The summed E-state index contributed by atoms with van der Waals surface area (Å²) in [6.45, 7) is 3.95. The molecular weight excluding hydrogens is 271 g/mol. The van der Waals surface area contributed by atoms with Gasteiger partial charge in [0.25, 0.3) is 5.91 Å². The Kier molecular flexibility index (Phi) is 3.68. The second-order valence-corrected chi connectivity index (χ2v) is 5.63. The zero-order valence-electron chi connectivity index (χ0n) is 12.3. The van der Waals surface area contributed by atoms with Crippen molar-refractivity contribution >= 4 is 16.8 Å². The van der Waals surface area contributed by atoms with E-state index >= 15 is 0 Å². The van der Waals surface area contributed by atoms with Crippen molar-refractivity contribution in [2.75, 3.05) is 19.8 Å². The number of carbonyl (C=O) groups is 1. The molecular formula is C16H19FN2O2. The third-order valence-electron chi connectivity index (χ3n) is 4.20. The van der Waals surface area contributed by atoms with Crippen LogP contribution in [0.25, 0.3) is 10.9 Å². The molecule has 112 valence electrons. The van der Waals surface area contributed by atoms with Gasteiger partial charge in [-0.1, -0.05) is 0 Å². The van der Waals surface area contributed by atoms with E-state index in [0.717, 1.165) is 29.5 Å². The van der Waals surface area contributed by atoms with Gasteiger partial charge in [-0.2, -0.15) is 0 Å². The fourth-order valence-corrected chi connectivity index (χ4v) is 2.99. The van der Waals surface area contributed by atoms with E-state index in [1.165, 1.54) is 12.1 Å². The summed E-state index contributed by atoms with van der Waals surface area (Å²) in [7, 11) is 1.83. The molecule has 21 heavy (non-hydrogen) atoms. The van der Waals surface area contributed by atoms with Gasteiger partial charge in [0.05, 0.1) is 6.61 Å². The summed E-state index contributed by atoms with van der Waals surface area (Å²) < 4.78 is 20.5. The van der Waals surface area contributed by atoms with Crippen LogP contribution < -0.4 is 5.32 Å². The summed E-state index contributed by atoms with van der Waals surface area (Å²) in [4.78, 5) is 12.4. The van der Waals surface area contributed by atoms with Crippen LogP contribution in [0.3, 0.4) is 0 Å². The van der Waals surface area contributed by atoms with Gasteiger partial charge >= 0.3 is 0 Å². The molecule has 0 bridgehead atoms. The Morgan fingerprint density at radius 1 is 1.52 bits per heavy atom. The van der Waals surface area contributed by atoms with E-state index in [4.69, 9.17) is 4.74 Å². The summed E-state index contributed by atoms with van der Waals surface area (Å²) in [5.41, 5.74) is 2.27. The lowest BCUT2D eigenvalue weighted by Gasteiger charge is -2.11. The first kappa shape index (κ1) is 14.1. The fraction of sp³-hybridized carbons (Fsp3) is 0.438. The molecule has 2 aromatic rings. The van der Waals surface area contributed by atoms with Crippen molar-refractivity contribution in [3.05, 3.63) is 35.3 Å². The summed E-state index contributed by atoms with van der Waals surface area (Å²) in [6.07, 6.45) is 0.986. The van der Waals surface area contributed by atoms with Crippen LogP contribution in [0.5, 0.6) is 0 Å². The van der Waals surface area contributed by atoms with E-state index in [2.05, 4.69) is 5.32 Å². The molecule has 3 rings (SSSR count). The van der Waals surface area contributed by atoms with Crippen LogP contribution in [0.4, 0.5) is 4.39 Å². The van der Waals surface area contributed by atoms with Gasteiger partial charge in [0, 0.05) is 37.0 Å². The second-order valence-electron chi connectivity index (χ2n) is 5.63. The quantitative estimate of drug-likeness (QED) is 0.943. The molecule has 0 aliphatic carbocycles. The summed E-state index contributed by atoms with van der Waals surface area (Å²) in [5.74, 6) is -0.00819. The minimum Gasteiger partial charge on any atom is -0.381 e. The van der Waals surface area contributed by atoms with Crippen molar-refractivity contribution in [2.45, 2.75) is 13.3 Å². The molecule has 1 aromatic carbocycles. The normalized spacial score (nSPS) is 18.3. The van der Waals surface area contributed by atoms with Crippen LogP contribution in [-0.2, 0) is 11.8 Å². The topological polar surface area (TPSA) is 43.3 Å². The van der Waals surface area contributed by atoms with Crippen LogP contribution in [0.15, 0.2) is 18.2 Å². The molecule has 4 nitrogen and oxygen atoms in total. The van der Waals surface area contributed by atoms with E-state index in [9.17, 15) is 9.18 Å². The molecule has 1 saturated heterocycles. The lowest BCUT2D eigenvalue weighted by molar-refractivity contribution is 0.0936. The van der Waals surface area contributed by atoms with Crippen molar-refractivity contribution in [3.8, 4) is 0 Å². The number of hydrogen-bond acceptors (Lipinski definition) is 2. The summed E-state index contributed by atoms with van der Waals surface area (Å²) in [5, 5.41) is 3.75. The molecule has 0 saturated carbocycles. The number of aryl methyl sites for hydroxylation is 2. The Hall–Kier alpha value is -1.88. The smallest absolute Gasteiger partial charge is 0.268 e. The molecule has 1 aromatic heterocycles. The predicted octanol–water partition coefficient (Wildman–Crippen LogP) is 2.39. The molecule has 1 amide bonds. The lowest BCUT2D eigenvalue weighted by atomic mass is 10.1. The molecule has 1 aliphatic rings. The van der Waals surface area contributed by atoms with Crippen molar-refractivity contribution in [3.63, 3.8) is 0 Å². The maximum Gasteiger partial charge on any atom is 0.268 e. The number of fused-ring (bicyclic) bond motifs is 1. The van der Waals surface area contributed by atoms with Gasteiger partial charge in [-0.15, -0.1) is 0 Å². The van der Waals surface area contributed by atoms with Crippen LogP contribution >= 0.6 is 0 Å². The number of aromatic nitrogens is 1. The number of ether oxygens (including phenoxy) is 1. The van der Waals surface area contributed by atoms with Crippen LogP contribution in [-0.4, -0.2) is 30.2 Å². The molecule has 1 atom stereocenters. The van der Waals surface area contributed by atoms with Gasteiger partial charge in [0.2, 0.25) is 0 Å². The molecule has 2 heterocycles.